The lowest BCUT2D eigenvalue weighted by atomic mass is 10.0. The Labute approximate surface area is 254 Å². The Balaban J connectivity index is 1.11. The van der Waals surface area contributed by atoms with E-state index in [-0.39, 0.29) is 83.9 Å². The predicted molar refractivity (Wildman–Crippen MR) is 152 cm³/mol. The van der Waals surface area contributed by atoms with Crippen molar-refractivity contribution in [2.45, 2.75) is 37.1 Å². The van der Waals surface area contributed by atoms with Crippen LogP contribution in [0.25, 0.3) is 11.3 Å². The molecular formula is C28H30ClF3N8O4. The van der Waals surface area contributed by atoms with Crippen molar-refractivity contribution in [2.24, 2.45) is 7.05 Å². The molecule has 0 spiro atoms. The standard InChI is InChI=1S/C28H30ClF3N8O4/c1-37-21(19-14-40(17-3-4-17)36-22(19)28(30,31)32)13-34-23(37)24(41)35-16-2-5-18(20(29)12-16)25(42)38-8-10-39(11-9-38)26(43)27(44)6-7-33-15-27/h2,5,12-14,17,33,44H,3-4,6-11,15H2,1H3,(H,35,41). The summed E-state index contributed by atoms with van der Waals surface area (Å²) in [6, 6.07) is 4.30. The van der Waals surface area contributed by atoms with Gasteiger partial charge in [-0.3, -0.25) is 19.1 Å². The van der Waals surface area contributed by atoms with E-state index in [4.69, 9.17) is 11.6 Å². The number of aliphatic hydroxyl groups is 1. The molecule has 1 atom stereocenters. The number of piperazine rings is 1. The molecule has 16 heteroatoms. The van der Waals surface area contributed by atoms with Crippen molar-refractivity contribution in [3.05, 3.63) is 52.7 Å². The Bertz CT molecular complexity index is 1620. The van der Waals surface area contributed by atoms with Crippen molar-refractivity contribution in [1.82, 2.24) is 34.4 Å². The minimum Gasteiger partial charge on any atom is -0.379 e. The van der Waals surface area contributed by atoms with E-state index < -0.39 is 23.4 Å². The van der Waals surface area contributed by atoms with Crippen LogP contribution in [0.1, 0.15) is 52.0 Å². The number of imidazole rings is 1. The fraction of sp³-hybridized carbons (Fsp3) is 0.464. The number of carbonyl (C=O) groups excluding carboxylic acids is 3. The van der Waals surface area contributed by atoms with Crippen LogP contribution in [0.4, 0.5) is 18.9 Å². The summed E-state index contributed by atoms with van der Waals surface area (Å²) in [5, 5.41) is 20.0. The first-order chi connectivity index (χ1) is 20.9. The topological polar surface area (TPSA) is 138 Å². The second-order valence-corrected chi connectivity index (χ2v) is 11.7. The summed E-state index contributed by atoms with van der Waals surface area (Å²) < 4.78 is 43.8. The highest BCUT2D eigenvalue weighted by Gasteiger charge is 2.43. The highest BCUT2D eigenvalue weighted by molar-refractivity contribution is 6.34. The summed E-state index contributed by atoms with van der Waals surface area (Å²) in [4.78, 5) is 46.2. The van der Waals surface area contributed by atoms with Crippen molar-refractivity contribution in [3.63, 3.8) is 0 Å². The number of β-amino-alcohol motifs (C(OH)–C–C–N with tert-alkyl or cyclic N) is 1. The van der Waals surface area contributed by atoms with Gasteiger partial charge in [-0.2, -0.15) is 18.3 Å². The average Bonchev–Trinajstić information content (AvgIpc) is 3.37. The number of rotatable bonds is 6. The van der Waals surface area contributed by atoms with Crippen LogP contribution >= 0.6 is 11.6 Å². The maximum atomic E-state index is 13.7. The molecule has 0 bridgehead atoms. The molecule has 3 amide bonds. The monoisotopic (exact) mass is 634 g/mol. The summed E-state index contributed by atoms with van der Waals surface area (Å²) in [5.41, 5.74) is -2.08. The molecule has 44 heavy (non-hydrogen) atoms. The van der Waals surface area contributed by atoms with E-state index in [1.54, 1.807) is 9.80 Å². The van der Waals surface area contributed by atoms with Crippen molar-refractivity contribution in [2.75, 3.05) is 44.6 Å². The second kappa shape index (κ2) is 11.2. The van der Waals surface area contributed by atoms with Crippen LogP contribution in [-0.4, -0.2) is 96.8 Å². The minimum atomic E-state index is -4.68. The molecule has 234 valence electrons. The van der Waals surface area contributed by atoms with Gasteiger partial charge in [-0.1, -0.05) is 11.6 Å². The van der Waals surface area contributed by atoms with Crippen molar-refractivity contribution >= 4 is 35.0 Å². The van der Waals surface area contributed by atoms with Gasteiger partial charge in [0.2, 0.25) is 0 Å². The smallest absolute Gasteiger partial charge is 0.379 e. The Kier molecular flexibility index (Phi) is 7.66. The summed E-state index contributed by atoms with van der Waals surface area (Å²) in [6.07, 6.45) is -0.293. The van der Waals surface area contributed by atoms with Gasteiger partial charge in [0.1, 0.15) is 0 Å². The molecule has 1 aliphatic carbocycles. The molecule has 1 saturated carbocycles. The van der Waals surface area contributed by atoms with E-state index in [9.17, 15) is 32.7 Å². The lowest BCUT2D eigenvalue weighted by Crippen LogP contribution is -2.57. The third kappa shape index (κ3) is 5.66. The number of alkyl halides is 3. The van der Waals surface area contributed by atoms with Gasteiger partial charge in [0.15, 0.2) is 17.1 Å². The minimum absolute atomic E-state index is 0.0672. The third-order valence-corrected chi connectivity index (χ3v) is 8.54. The van der Waals surface area contributed by atoms with Crippen molar-refractivity contribution in [3.8, 4) is 11.3 Å². The number of carbonyl (C=O) groups is 3. The quantitative estimate of drug-likeness (QED) is 0.379. The molecule has 2 aliphatic heterocycles. The molecule has 6 rings (SSSR count). The van der Waals surface area contributed by atoms with Gasteiger partial charge in [-0.25, -0.2) is 4.98 Å². The number of halogens is 4. The number of nitrogens with zero attached hydrogens (tertiary/aromatic N) is 6. The normalized spacial score (nSPS) is 20.7. The van der Waals surface area contributed by atoms with Gasteiger partial charge in [-0.05, 0) is 44.0 Å². The van der Waals surface area contributed by atoms with Crippen LogP contribution in [0.15, 0.2) is 30.6 Å². The molecule has 3 aliphatic rings. The number of aromatic nitrogens is 4. The molecule has 3 aromatic rings. The van der Waals surface area contributed by atoms with E-state index in [1.807, 2.05) is 0 Å². The van der Waals surface area contributed by atoms with Crippen LogP contribution < -0.4 is 10.6 Å². The molecule has 1 aromatic carbocycles. The first-order valence-electron chi connectivity index (χ1n) is 14.2. The maximum Gasteiger partial charge on any atom is 0.435 e. The van der Waals surface area contributed by atoms with Crippen LogP contribution in [0.3, 0.4) is 0 Å². The number of anilines is 1. The molecule has 3 fully saturated rings. The number of hydrogen-bond donors (Lipinski definition) is 3. The van der Waals surface area contributed by atoms with Gasteiger partial charge in [0, 0.05) is 51.7 Å². The van der Waals surface area contributed by atoms with Crippen molar-refractivity contribution < 1.29 is 32.7 Å². The molecule has 12 nitrogen and oxygen atoms in total. The summed E-state index contributed by atoms with van der Waals surface area (Å²) in [5.74, 6) is -1.50. The Hall–Kier alpha value is -3.95. The highest BCUT2D eigenvalue weighted by Crippen LogP contribution is 2.41. The Morgan fingerprint density at radius 2 is 1.84 bits per heavy atom. The largest absolute Gasteiger partial charge is 0.435 e. The summed E-state index contributed by atoms with van der Waals surface area (Å²) >= 11 is 6.42. The van der Waals surface area contributed by atoms with Crippen LogP contribution in [0.5, 0.6) is 0 Å². The molecule has 2 saturated heterocycles. The zero-order valence-electron chi connectivity index (χ0n) is 23.7. The lowest BCUT2D eigenvalue weighted by molar-refractivity contribution is -0.150. The third-order valence-electron chi connectivity index (χ3n) is 8.23. The van der Waals surface area contributed by atoms with E-state index >= 15 is 0 Å². The van der Waals surface area contributed by atoms with E-state index in [0.29, 0.717) is 13.0 Å². The fourth-order valence-corrected chi connectivity index (χ4v) is 5.84. The number of nitrogens with one attached hydrogen (secondary N) is 2. The van der Waals surface area contributed by atoms with Gasteiger partial charge in [0.05, 0.1) is 34.1 Å². The summed E-state index contributed by atoms with van der Waals surface area (Å²) in [6.45, 7) is 1.84. The average molecular weight is 635 g/mol. The maximum absolute atomic E-state index is 13.7. The van der Waals surface area contributed by atoms with Crippen LogP contribution in [0.2, 0.25) is 5.02 Å². The molecule has 0 radical (unpaired) electrons. The number of benzene rings is 1. The van der Waals surface area contributed by atoms with E-state index in [1.165, 1.54) is 46.9 Å². The van der Waals surface area contributed by atoms with Gasteiger partial charge in [-0.15, -0.1) is 0 Å². The zero-order chi connectivity index (χ0) is 31.4. The van der Waals surface area contributed by atoms with Gasteiger partial charge in [0.25, 0.3) is 17.7 Å². The van der Waals surface area contributed by atoms with Crippen molar-refractivity contribution in [1.29, 1.82) is 0 Å². The van der Waals surface area contributed by atoms with Gasteiger partial charge < -0.3 is 30.1 Å². The molecule has 3 N–H and O–H groups in total. The fourth-order valence-electron chi connectivity index (χ4n) is 5.58. The van der Waals surface area contributed by atoms with Gasteiger partial charge >= 0.3 is 6.18 Å². The SMILES string of the molecule is Cn1c(-c2cn(C3CC3)nc2C(F)(F)F)cnc1C(=O)Nc1ccc(C(=O)N2CCN(C(=O)C3(O)CCNC3)CC2)c(Cl)c1. The second-order valence-electron chi connectivity index (χ2n) is 11.3. The lowest BCUT2D eigenvalue weighted by Gasteiger charge is -2.37. The first-order valence-corrected chi connectivity index (χ1v) is 14.5. The van der Waals surface area contributed by atoms with Crippen LogP contribution in [-0.2, 0) is 18.0 Å². The molecule has 2 aromatic heterocycles. The molecule has 1 unspecified atom stereocenters. The van der Waals surface area contributed by atoms with E-state index in [0.717, 1.165) is 12.8 Å². The Morgan fingerprint density at radius 1 is 1.14 bits per heavy atom. The number of amides is 3. The molecular weight excluding hydrogens is 605 g/mol. The zero-order valence-corrected chi connectivity index (χ0v) is 24.5. The Morgan fingerprint density at radius 3 is 2.45 bits per heavy atom. The van der Waals surface area contributed by atoms with Crippen LogP contribution in [0, 0.1) is 0 Å². The summed E-state index contributed by atoms with van der Waals surface area (Å²) in [7, 11) is 1.44. The first kappa shape index (κ1) is 30.1. The number of hydrogen-bond acceptors (Lipinski definition) is 7. The highest BCUT2D eigenvalue weighted by atomic mass is 35.5. The predicted octanol–water partition coefficient (Wildman–Crippen LogP) is 2.55. The van der Waals surface area contributed by atoms with E-state index in [2.05, 4.69) is 20.7 Å². The molecule has 4 heterocycles.